The van der Waals surface area contributed by atoms with E-state index in [2.05, 4.69) is 9.71 Å². The van der Waals surface area contributed by atoms with E-state index in [9.17, 15) is 8.42 Å². The molecule has 0 aliphatic rings. The SMILES string of the molecule is COc1ccccc1S(=O)(=O)Nc1cnc(Cl)c(C)c1. The molecule has 1 heterocycles. The van der Waals surface area contributed by atoms with E-state index in [-0.39, 0.29) is 10.6 Å². The zero-order valence-corrected chi connectivity index (χ0v) is 12.5. The quantitative estimate of drug-likeness (QED) is 0.881. The third-order valence-corrected chi connectivity index (χ3v) is 4.44. The first-order valence-electron chi connectivity index (χ1n) is 5.72. The molecule has 1 aromatic heterocycles. The molecule has 2 rings (SSSR count). The molecule has 0 saturated carbocycles. The van der Waals surface area contributed by atoms with Crippen LogP contribution < -0.4 is 9.46 Å². The van der Waals surface area contributed by atoms with E-state index in [1.165, 1.54) is 19.4 Å². The first kappa shape index (κ1) is 14.6. The lowest BCUT2D eigenvalue weighted by Gasteiger charge is -2.11. The number of rotatable bonds is 4. The topological polar surface area (TPSA) is 68.3 Å². The van der Waals surface area contributed by atoms with Crippen molar-refractivity contribution < 1.29 is 13.2 Å². The van der Waals surface area contributed by atoms with Crippen molar-refractivity contribution >= 4 is 27.3 Å². The van der Waals surface area contributed by atoms with Crippen molar-refractivity contribution in [1.29, 1.82) is 0 Å². The molecular weight excluding hydrogens is 300 g/mol. The van der Waals surface area contributed by atoms with Gasteiger partial charge in [-0.05, 0) is 30.7 Å². The van der Waals surface area contributed by atoms with E-state index in [0.29, 0.717) is 16.4 Å². The van der Waals surface area contributed by atoms with Gasteiger partial charge in [-0.1, -0.05) is 23.7 Å². The fourth-order valence-electron chi connectivity index (χ4n) is 1.66. The molecule has 0 fully saturated rings. The molecule has 1 aromatic carbocycles. The highest BCUT2D eigenvalue weighted by molar-refractivity contribution is 7.92. The second kappa shape index (κ2) is 5.68. The number of pyridine rings is 1. The van der Waals surface area contributed by atoms with Crippen molar-refractivity contribution in [2.75, 3.05) is 11.8 Å². The minimum atomic E-state index is -3.74. The zero-order chi connectivity index (χ0) is 14.8. The molecule has 1 N–H and O–H groups in total. The standard InChI is InChI=1S/C13H13ClN2O3S/c1-9-7-10(8-15-13(9)14)16-20(17,18)12-6-4-3-5-11(12)19-2/h3-8,16H,1-2H3. The van der Waals surface area contributed by atoms with Crippen LogP contribution in [-0.2, 0) is 10.0 Å². The summed E-state index contributed by atoms with van der Waals surface area (Å²) in [5.41, 5.74) is 1.03. The van der Waals surface area contributed by atoms with E-state index in [1.807, 2.05) is 0 Å². The number of benzene rings is 1. The predicted molar refractivity (Wildman–Crippen MR) is 77.8 cm³/mol. The maximum absolute atomic E-state index is 12.3. The molecule has 20 heavy (non-hydrogen) atoms. The molecule has 0 bridgehead atoms. The van der Waals surface area contributed by atoms with Crippen LogP contribution in [0.5, 0.6) is 5.75 Å². The number of hydrogen-bond acceptors (Lipinski definition) is 4. The number of anilines is 1. The van der Waals surface area contributed by atoms with E-state index < -0.39 is 10.0 Å². The van der Waals surface area contributed by atoms with Gasteiger partial charge in [-0.25, -0.2) is 13.4 Å². The number of sulfonamides is 1. The predicted octanol–water partition coefficient (Wildman–Crippen LogP) is 2.85. The van der Waals surface area contributed by atoms with Crippen molar-refractivity contribution in [3.8, 4) is 5.75 Å². The summed E-state index contributed by atoms with van der Waals surface area (Å²) in [5.74, 6) is 0.277. The largest absolute Gasteiger partial charge is 0.495 e. The minimum Gasteiger partial charge on any atom is -0.495 e. The van der Waals surface area contributed by atoms with E-state index >= 15 is 0 Å². The van der Waals surface area contributed by atoms with Crippen molar-refractivity contribution in [3.05, 3.63) is 47.2 Å². The normalized spacial score (nSPS) is 11.2. The van der Waals surface area contributed by atoms with Crippen LogP contribution in [0.4, 0.5) is 5.69 Å². The molecule has 0 aliphatic carbocycles. The molecule has 5 nitrogen and oxygen atoms in total. The van der Waals surface area contributed by atoms with Gasteiger partial charge in [-0.15, -0.1) is 0 Å². The smallest absolute Gasteiger partial charge is 0.265 e. The molecular formula is C13H13ClN2O3S. The Kier molecular flexibility index (Phi) is 4.15. The van der Waals surface area contributed by atoms with Crippen molar-refractivity contribution in [2.24, 2.45) is 0 Å². The molecule has 106 valence electrons. The number of aromatic nitrogens is 1. The number of hydrogen-bond donors (Lipinski definition) is 1. The Hall–Kier alpha value is -1.79. The molecule has 0 spiro atoms. The zero-order valence-electron chi connectivity index (χ0n) is 10.9. The van der Waals surface area contributed by atoms with Crippen LogP contribution >= 0.6 is 11.6 Å². The molecule has 0 saturated heterocycles. The second-order valence-electron chi connectivity index (χ2n) is 4.09. The number of halogens is 1. The third-order valence-electron chi connectivity index (χ3n) is 2.63. The monoisotopic (exact) mass is 312 g/mol. The van der Waals surface area contributed by atoms with Crippen LogP contribution in [0.15, 0.2) is 41.4 Å². The number of para-hydroxylation sites is 1. The minimum absolute atomic E-state index is 0.0649. The lowest BCUT2D eigenvalue weighted by Crippen LogP contribution is -2.14. The lowest BCUT2D eigenvalue weighted by molar-refractivity contribution is 0.403. The number of nitrogens with one attached hydrogen (secondary N) is 1. The van der Waals surface area contributed by atoms with Crippen molar-refractivity contribution in [3.63, 3.8) is 0 Å². The van der Waals surface area contributed by atoms with Crippen LogP contribution in [0, 0.1) is 6.92 Å². The van der Waals surface area contributed by atoms with Gasteiger partial charge in [0, 0.05) is 0 Å². The van der Waals surface area contributed by atoms with Gasteiger partial charge < -0.3 is 4.74 Å². The average Bonchev–Trinajstić information content (AvgIpc) is 2.42. The first-order chi connectivity index (χ1) is 9.44. The molecule has 7 heteroatoms. The van der Waals surface area contributed by atoms with Gasteiger partial charge in [0.2, 0.25) is 0 Å². The second-order valence-corrected chi connectivity index (χ2v) is 6.10. The summed E-state index contributed by atoms with van der Waals surface area (Å²) in [5, 5.41) is 0.338. The Labute approximate surface area is 122 Å². The number of ether oxygens (including phenoxy) is 1. The molecule has 0 atom stereocenters. The van der Waals surface area contributed by atoms with Crippen molar-refractivity contribution in [1.82, 2.24) is 4.98 Å². The summed E-state index contributed by atoms with van der Waals surface area (Å²) in [6.07, 6.45) is 1.36. The number of methoxy groups -OCH3 is 1. The van der Waals surface area contributed by atoms with Gasteiger partial charge in [0.25, 0.3) is 10.0 Å². The summed E-state index contributed by atoms with van der Waals surface area (Å²) in [6, 6.07) is 7.99. The summed E-state index contributed by atoms with van der Waals surface area (Å²) < 4.78 is 32.2. The van der Waals surface area contributed by atoms with E-state index in [1.54, 1.807) is 31.2 Å². The highest BCUT2D eigenvalue weighted by Gasteiger charge is 2.19. The summed E-state index contributed by atoms with van der Waals surface area (Å²) in [6.45, 7) is 1.75. The van der Waals surface area contributed by atoms with Crippen molar-refractivity contribution in [2.45, 2.75) is 11.8 Å². The van der Waals surface area contributed by atoms with Gasteiger partial charge in [0.05, 0.1) is 19.0 Å². The highest BCUT2D eigenvalue weighted by Crippen LogP contribution is 2.25. The lowest BCUT2D eigenvalue weighted by atomic mass is 10.3. The molecule has 0 aliphatic heterocycles. The van der Waals surface area contributed by atoms with E-state index in [4.69, 9.17) is 16.3 Å². The molecule has 0 amide bonds. The molecule has 0 radical (unpaired) electrons. The highest BCUT2D eigenvalue weighted by atomic mass is 35.5. The Morgan fingerprint density at radius 3 is 2.65 bits per heavy atom. The van der Waals surface area contributed by atoms with Gasteiger partial charge in [-0.3, -0.25) is 4.72 Å². The molecule has 0 unspecified atom stereocenters. The van der Waals surface area contributed by atoms with Gasteiger partial charge in [0.1, 0.15) is 15.8 Å². The van der Waals surface area contributed by atoms with Gasteiger partial charge >= 0.3 is 0 Å². The number of aryl methyl sites for hydroxylation is 1. The fourth-order valence-corrected chi connectivity index (χ4v) is 2.97. The summed E-state index contributed by atoms with van der Waals surface area (Å²) in [4.78, 5) is 3.97. The van der Waals surface area contributed by atoms with Crippen LogP contribution in [0.25, 0.3) is 0 Å². The Balaban J connectivity index is 2.38. The Morgan fingerprint density at radius 2 is 2.00 bits per heavy atom. The Bertz CT molecular complexity index is 732. The van der Waals surface area contributed by atoms with E-state index in [0.717, 1.165) is 0 Å². The van der Waals surface area contributed by atoms with Gasteiger partial charge in [-0.2, -0.15) is 0 Å². The molecule has 2 aromatic rings. The average molecular weight is 313 g/mol. The summed E-state index contributed by atoms with van der Waals surface area (Å²) in [7, 11) is -2.32. The maximum Gasteiger partial charge on any atom is 0.265 e. The summed E-state index contributed by atoms with van der Waals surface area (Å²) >= 11 is 5.81. The Morgan fingerprint density at radius 1 is 1.30 bits per heavy atom. The first-order valence-corrected chi connectivity index (χ1v) is 7.58. The number of nitrogens with zero attached hydrogens (tertiary/aromatic N) is 1. The third kappa shape index (κ3) is 3.02. The van der Waals surface area contributed by atoms with Crippen LogP contribution in [-0.4, -0.2) is 20.5 Å². The maximum atomic E-state index is 12.3. The van der Waals surface area contributed by atoms with Crippen LogP contribution in [0.2, 0.25) is 5.15 Å². The van der Waals surface area contributed by atoms with Crippen LogP contribution in [0.1, 0.15) is 5.56 Å². The van der Waals surface area contributed by atoms with Gasteiger partial charge in [0.15, 0.2) is 0 Å². The fraction of sp³-hybridized carbons (Fsp3) is 0.154. The van der Waals surface area contributed by atoms with Crippen LogP contribution in [0.3, 0.4) is 0 Å².